The lowest BCUT2D eigenvalue weighted by atomic mass is 9.92. The van der Waals surface area contributed by atoms with Gasteiger partial charge >= 0.3 is 0 Å². The van der Waals surface area contributed by atoms with E-state index in [1.165, 1.54) is 24.1 Å². The van der Waals surface area contributed by atoms with Crippen LogP contribution in [0.4, 0.5) is 5.82 Å². The minimum Gasteiger partial charge on any atom is -0.370 e. The Morgan fingerprint density at radius 1 is 1.43 bits per heavy atom. The zero-order valence-electron chi connectivity index (χ0n) is 12.4. The van der Waals surface area contributed by atoms with Crippen LogP contribution in [-0.4, -0.2) is 32.7 Å². The van der Waals surface area contributed by atoms with E-state index < -0.39 is 0 Å². The highest BCUT2D eigenvalue weighted by Crippen LogP contribution is 2.29. The van der Waals surface area contributed by atoms with Crippen LogP contribution in [0.3, 0.4) is 0 Å². The maximum absolute atomic E-state index is 4.42. The summed E-state index contributed by atoms with van der Waals surface area (Å²) in [5.74, 6) is 1.72. The molecule has 0 saturated heterocycles. The Kier molecular flexibility index (Phi) is 3.18. The number of hydrogen-bond acceptors (Lipinski definition) is 4. The fourth-order valence-corrected chi connectivity index (χ4v) is 3.55. The Hall–Kier alpha value is -1.82. The van der Waals surface area contributed by atoms with Crippen LogP contribution in [0.25, 0.3) is 0 Å². The molecular weight excluding hydrogens is 264 g/mol. The maximum atomic E-state index is 4.42. The molecule has 21 heavy (non-hydrogen) atoms. The number of aromatic nitrogens is 4. The lowest BCUT2D eigenvalue weighted by Crippen LogP contribution is -2.37. The zero-order chi connectivity index (χ0) is 14.2. The van der Waals surface area contributed by atoms with E-state index in [2.05, 4.69) is 25.5 Å². The molecule has 0 spiro atoms. The lowest BCUT2D eigenvalue weighted by Gasteiger charge is -2.29. The topological polar surface area (TPSA) is 59.7 Å². The molecule has 3 heterocycles. The number of nitrogens with one attached hydrogen (secondary N) is 2. The molecule has 2 aromatic heterocycles. The third-order valence-corrected chi connectivity index (χ3v) is 4.75. The molecule has 6 heteroatoms. The second-order valence-corrected chi connectivity index (χ2v) is 6.17. The summed E-state index contributed by atoms with van der Waals surface area (Å²) < 4.78 is 4.09. The molecule has 0 saturated carbocycles. The summed E-state index contributed by atoms with van der Waals surface area (Å²) in [6.45, 7) is 3.03. The first kappa shape index (κ1) is 12.9. The Morgan fingerprint density at radius 2 is 2.38 bits per heavy atom. The van der Waals surface area contributed by atoms with E-state index in [0.717, 1.165) is 31.9 Å². The predicted molar refractivity (Wildman–Crippen MR) is 81.1 cm³/mol. The van der Waals surface area contributed by atoms with Gasteiger partial charge in [-0.2, -0.15) is 10.2 Å². The van der Waals surface area contributed by atoms with Crippen molar-refractivity contribution in [1.82, 2.24) is 24.9 Å². The van der Waals surface area contributed by atoms with Crippen LogP contribution in [0.1, 0.15) is 30.1 Å². The molecule has 1 aliphatic carbocycles. The number of rotatable bonds is 3. The molecular formula is C15H22N6. The van der Waals surface area contributed by atoms with Crippen molar-refractivity contribution in [3.8, 4) is 0 Å². The molecule has 0 amide bonds. The first-order valence-electron chi connectivity index (χ1n) is 7.81. The average Bonchev–Trinajstić information content (AvgIpc) is 3.12. The number of nitrogens with zero attached hydrogens (tertiary/aromatic N) is 4. The molecule has 2 aromatic rings. The maximum Gasteiger partial charge on any atom is 0.124 e. The Labute approximate surface area is 124 Å². The summed E-state index contributed by atoms with van der Waals surface area (Å²) in [4.78, 5) is 0. The average molecular weight is 286 g/mol. The van der Waals surface area contributed by atoms with Crippen molar-refractivity contribution in [1.29, 1.82) is 0 Å². The SMILES string of the molecule is Cn1ncc2c1CCC[C@H]2NC[C@H]1CNc2ccnn2C1. The summed E-state index contributed by atoms with van der Waals surface area (Å²) in [5, 5.41) is 16.0. The highest BCUT2D eigenvalue weighted by molar-refractivity contribution is 5.35. The number of hydrogen-bond donors (Lipinski definition) is 2. The van der Waals surface area contributed by atoms with Crippen molar-refractivity contribution in [3.63, 3.8) is 0 Å². The molecule has 0 bridgehead atoms. The van der Waals surface area contributed by atoms with E-state index in [-0.39, 0.29) is 0 Å². The molecule has 112 valence electrons. The van der Waals surface area contributed by atoms with Crippen molar-refractivity contribution in [2.45, 2.75) is 31.8 Å². The molecule has 0 unspecified atom stereocenters. The van der Waals surface area contributed by atoms with Crippen LogP contribution in [0, 0.1) is 5.92 Å². The van der Waals surface area contributed by atoms with Gasteiger partial charge in [0.1, 0.15) is 5.82 Å². The second-order valence-electron chi connectivity index (χ2n) is 6.17. The van der Waals surface area contributed by atoms with Crippen LogP contribution in [0.15, 0.2) is 18.5 Å². The molecule has 0 aromatic carbocycles. The zero-order valence-corrected chi connectivity index (χ0v) is 12.4. The lowest BCUT2D eigenvalue weighted by molar-refractivity contribution is 0.355. The summed E-state index contributed by atoms with van der Waals surface area (Å²) in [5.41, 5.74) is 2.79. The Balaban J connectivity index is 1.40. The number of fused-ring (bicyclic) bond motifs is 2. The Morgan fingerprint density at radius 3 is 3.33 bits per heavy atom. The first-order valence-corrected chi connectivity index (χ1v) is 7.81. The van der Waals surface area contributed by atoms with Gasteiger partial charge in [-0.1, -0.05) is 0 Å². The Bertz CT molecular complexity index is 628. The number of anilines is 1. The van der Waals surface area contributed by atoms with Gasteiger partial charge in [0.2, 0.25) is 0 Å². The van der Waals surface area contributed by atoms with Gasteiger partial charge in [-0.15, -0.1) is 0 Å². The minimum absolute atomic E-state index is 0.460. The molecule has 0 fully saturated rings. The van der Waals surface area contributed by atoms with Crippen LogP contribution in [0.5, 0.6) is 0 Å². The van der Waals surface area contributed by atoms with Gasteiger partial charge in [-0.25, -0.2) is 4.68 Å². The van der Waals surface area contributed by atoms with Crippen LogP contribution < -0.4 is 10.6 Å². The van der Waals surface area contributed by atoms with Gasteiger partial charge in [0.05, 0.1) is 12.4 Å². The monoisotopic (exact) mass is 286 g/mol. The number of aryl methyl sites for hydroxylation is 1. The molecule has 0 radical (unpaired) electrons. The van der Waals surface area contributed by atoms with Gasteiger partial charge in [-0.05, 0) is 19.3 Å². The fourth-order valence-electron chi connectivity index (χ4n) is 3.55. The largest absolute Gasteiger partial charge is 0.370 e. The van der Waals surface area contributed by atoms with Gasteiger partial charge in [0.25, 0.3) is 0 Å². The van der Waals surface area contributed by atoms with E-state index in [0.29, 0.717) is 12.0 Å². The van der Waals surface area contributed by atoms with Crippen LogP contribution in [0.2, 0.25) is 0 Å². The highest BCUT2D eigenvalue weighted by atomic mass is 15.3. The van der Waals surface area contributed by atoms with Crippen molar-refractivity contribution < 1.29 is 0 Å². The van der Waals surface area contributed by atoms with E-state index in [4.69, 9.17) is 0 Å². The summed E-state index contributed by atoms with van der Waals surface area (Å²) in [7, 11) is 2.05. The summed E-state index contributed by atoms with van der Waals surface area (Å²) in [6, 6.07) is 2.49. The van der Waals surface area contributed by atoms with E-state index in [1.807, 2.05) is 30.2 Å². The molecule has 2 aliphatic rings. The molecule has 2 atom stereocenters. The second kappa shape index (κ2) is 5.18. The van der Waals surface area contributed by atoms with Crippen LogP contribution in [-0.2, 0) is 20.0 Å². The van der Waals surface area contributed by atoms with E-state index in [9.17, 15) is 0 Å². The predicted octanol–water partition coefficient (Wildman–Crippen LogP) is 1.33. The third-order valence-electron chi connectivity index (χ3n) is 4.75. The van der Waals surface area contributed by atoms with Gasteiger partial charge in [0, 0.05) is 56.0 Å². The smallest absolute Gasteiger partial charge is 0.124 e. The third kappa shape index (κ3) is 2.33. The first-order chi connectivity index (χ1) is 10.3. The van der Waals surface area contributed by atoms with Gasteiger partial charge in [0.15, 0.2) is 0 Å². The summed E-state index contributed by atoms with van der Waals surface area (Å²) in [6.07, 6.45) is 7.52. The summed E-state index contributed by atoms with van der Waals surface area (Å²) >= 11 is 0. The van der Waals surface area contributed by atoms with Crippen LogP contribution >= 0.6 is 0 Å². The molecule has 2 N–H and O–H groups in total. The van der Waals surface area contributed by atoms with Crippen molar-refractivity contribution in [2.75, 3.05) is 18.4 Å². The molecule has 1 aliphatic heterocycles. The standard InChI is InChI=1S/C15H22N6/c1-20-14-4-2-3-13(12(14)9-19-20)16-7-11-8-17-15-5-6-18-21(15)10-11/h5-6,9,11,13,16-17H,2-4,7-8,10H2,1H3/t11-,13+/m0/s1. The van der Waals surface area contributed by atoms with E-state index >= 15 is 0 Å². The quantitative estimate of drug-likeness (QED) is 0.893. The van der Waals surface area contributed by atoms with Gasteiger partial charge < -0.3 is 10.6 Å². The highest BCUT2D eigenvalue weighted by Gasteiger charge is 2.25. The molecule has 4 rings (SSSR count). The van der Waals surface area contributed by atoms with Crippen molar-refractivity contribution >= 4 is 5.82 Å². The molecule has 6 nitrogen and oxygen atoms in total. The van der Waals surface area contributed by atoms with Crippen molar-refractivity contribution in [3.05, 3.63) is 29.7 Å². The van der Waals surface area contributed by atoms with Crippen molar-refractivity contribution in [2.24, 2.45) is 13.0 Å². The van der Waals surface area contributed by atoms with E-state index in [1.54, 1.807) is 0 Å². The fraction of sp³-hybridized carbons (Fsp3) is 0.600. The normalized spacial score (nSPS) is 24.2. The minimum atomic E-state index is 0.460. The van der Waals surface area contributed by atoms with Gasteiger partial charge in [-0.3, -0.25) is 4.68 Å².